The summed E-state index contributed by atoms with van der Waals surface area (Å²) >= 11 is 0. The summed E-state index contributed by atoms with van der Waals surface area (Å²) in [7, 11) is -11.1. The highest BCUT2D eigenvalue weighted by Crippen LogP contribution is 2.62. The molecule has 124 valence electrons. The van der Waals surface area contributed by atoms with Gasteiger partial charge in [-0.1, -0.05) is 0 Å². The van der Waals surface area contributed by atoms with Crippen molar-refractivity contribution in [3.63, 3.8) is 0 Å². The van der Waals surface area contributed by atoms with Crippen LogP contribution in [-0.2, 0) is 31.8 Å². The Morgan fingerprint density at radius 1 is 1.38 bits per heavy atom. The predicted octanol–water partition coefficient (Wildman–Crippen LogP) is 1.19. The fraction of sp³-hybridized carbons (Fsp3) is 1.00. The number of ether oxygens (including phenoxy) is 1. The largest absolute Gasteiger partial charge is 0.521 e. The first-order valence-corrected chi connectivity index (χ1v) is 10.5. The molecular formula is C8H18O10P3+. The van der Waals surface area contributed by atoms with Crippen LogP contribution >= 0.6 is 23.4 Å². The second-order valence-electron chi connectivity index (χ2n) is 4.43. The number of hydrogen-bond acceptors (Lipinski definition) is 8. The van der Waals surface area contributed by atoms with Gasteiger partial charge in [0.15, 0.2) is 0 Å². The van der Waals surface area contributed by atoms with Crippen LogP contribution in [0.2, 0.25) is 0 Å². The summed E-state index contributed by atoms with van der Waals surface area (Å²) in [5.41, 5.74) is 0. The quantitative estimate of drug-likeness (QED) is 0.534. The molecule has 1 fully saturated rings. The van der Waals surface area contributed by atoms with Crippen molar-refractivity contribution in [2.45, 2.75) is 31.7 Å². The minimum atomic E-state index is -4.67. The van der Waals surface area contributed by atoms with Crippen LogP contribution in [0, 0.1) is 0 Å². The van der Waals surface area contributed by atoms with Gasteiger partial charge in [0.1, 0.15) is 12.7 Å². The highest BCUT2D eigenvalue weighted by molar-refractivity contribution is 7.70. The zero-order valence-corrected chi connectivity index (χ0v) is 14.1. The maximum Gasteiger partial charge on any atom is 0.521 e. The van der Waals surface area contributed by atoms with Crippen LogP contribution in [0.25, 0.3) is 0 Å². The Morgan fingerprint density at radius 3 is 2.48 bits per heavy atom. The fourth-order valence-corrected chi connectivity index (χ4v) is 5.69. The Labute approximate surface area is 122 Å². The van der Waals surface area contributed by atoms with Crippen molar-refractivity contribution in [3.8, 4) is 0 Å². The van der Waals surface area contributed by atoms with Crippen LogP contribution in [0.5, 0.6) is 0 Å². The van der Waals surface area contributed by atoms with Gasteiger partial charge in [0.25, 0.3) is 5.90 Å². The molecule has 0 aromatic rings. The number of hydrogen-bond donors (Lipinski definition) is 3. The summed E-state index contributed by atoms with van der Waals surface area (Å²) in [6.07, 6.45) is -1.21. The Bertz CT molecular complexity index is 467. The van der Waals surface area contributed by atoms with E-state index in [0.29, 0.717) is 6.42 Å². The molecule has 1 aliphatic rings. The van der Waals surface area contributed by atoms with Crippen molar-refractivity contribution in [1.82, 2.24) is 0 Å². The third kappa shape index (κ3) is 6.93. The van der Waals surface area contributed by atoms with E-state index in [2.05, 4.69) is 8.83 Å². The van der Waals surface area contributed by atoms with Gasteiger partial charge in [0.05, 0.1) is 12.2 Å². The first-order chi connectivity index (χ1) is 9.54. The third-order valence-electron chi connectivity index (χ3n) is 2.55. The minimum absolute atomic E-state index is 0.166. The molecule has 6 atom stereocenters. The molecule has 0 radical (unpaired) electrons. The molecule has 1 heterocycles. The SMILES string of the molecule is COP(=O)(O)OP(=O)(O)C[P+](=O)OC[C@H]1O[C@@H](C)C[C@H]1O. The van der Waals surface area contributed by atoms with E-state index in [1.807, 2.05) is 0 Å². The number of aliphatic hydroxyl groups excluding tert-OH is 1. The van der Waals surface area contributed by atoms with Crippen LogP contribution < -0.4 is 0 Å². The summed E-state index contributed by atoms with van der Waals surface area (Å²) in [5, 5.41) is 9.57. The average Bonchev–Trinajstić information content (AvgIpc) is 2.63. The summed E-state index contributed by atoms with van der Waals surface area (Å²) in [6.45, 7) is 1.52. The molecule has 1 saturated heterocycles. The van der Waals surface area contributed by atoms with Crippen molar-refractivity contribution >= 4 is 23.4 Å². The first-order valence-electron chi connectivity index (χ1n) is 5.87. The molecule has 0 bridgehead atoms. The van der Waals surface area contributed by atoms with Crippen molar-refractivity contribution in [3.05, 3.63) is 0 Å². The molecule has 3 N–H and O–H groups in total. The lowest BCUT2D eigenvalue weighted by Crippen LogP contribution is -2.25. The van der Waals surface area contributed by atoms with Crippen LogP contribution in [0.15, 0.2) is 0 Å². The number of rotatable bonds is 8. The van der Waals surface area contributed by atoms with Crippen LogP contribution in [0.4, 0.5) is 0 Å². The van der Waals surface area contributed by atoms with Crippen molar-refractivity contribution < 1.29 is 46.7 Å². The van der Waals surface area contributed by atoms with E-state index in [0.717, 1.165) is 7.11 Å². The van der Waals surface area contributed by atoms with E-state index >= 15 is 0 Å². The molecule has 0 saturated carbocycles. The number of aliphatic hydroxyl groups is 1. The van der Waals surface area contributed by atoms with Gasteiger partial charge in [-0.25, -0.2) is 8.88 Å². The molecule has 0 aromatic heterocycles. The van der Waals surface area contributed by atoms with E-state index in [9.17, 15) is 23.7 Å². The molecule has 0 amide bonds. The van der Waals surface area contributed by atoms with Crippen molar-refractivity contribution in [1.29, 1.82) is 0 Å². The lowest BCUT2D eigenvalue weighted by molar-refractivity contribution is -0.00919. The fourth-order valence-electron chi connectivity index (χ4n) is 1.65. The van der Waals surface area contributed by atoms with E-state index in [-0.39, 0.29) is 12.7 Å². The molecule has 0 aliphatic carbocycles. The summed E-state index contributed by atoms with van der Waals surface area (Å²) in [4.78, 5) is 18.2. The zero-order valence-electron chi connectivity index (χ0n) is 11.4. The van der Waals surface area contributed by atoms with Crippen molar-refractivity contribution in [2.24, 2.45) is 0 Å². The Balaban J connectivity index is 2.43. The Kier molecular flexibility index (Phi) is 7.09. The van der Waals surface area contributed by atoms with Gasteiger partial charge in [0, 0.05) is 13.5 Å². The van der Waals surface area contributed by atoms with E-state index < -0.39 is 41.6 Å². The minimum Gasteiger partial charge on any atom is -0.390 e. The summed E-state index contributed by atoms with van der Waals surface area (Å²) in [5.74, 6) is -0.978. The Hall–Kier alpha value is 0.280. The smallest absolute Gasteiger partial charge is 0.390 e. The lowest BCUT2D eigenvalue weighted by Gasteiger charge is -2.12. The standard InChI is InChI=1S/C8H17O10P3/c1-6-3-7(9)8(17-6)4-16-19(10)5-20(11,12)18-21(13,14)15-2/h6-9H,3-5H2,1-2H3,(H-,11,12,13,14)/p+1/t6-,7+,8+/m0/s1. The average molecular weight is 367 g/mol. The van der Waals surface area contributed by atoms with Crippen LogP contribution in [0.3, 0.4) is 0 Å². The maximum absolute atomic E-state index is 11.5. The second kappa shape index (κ2) is 7.70. The number of phosphoric acid groups is 1. The molecule has 1 aliphatic heterocycles. The van der Waals surface area contributed by atoms with E-state index in [1.165, 1.54) is 0 Å². The second-order valence-corrected chi connectivity index (χ2v) is 9.71. The third-order valence-corrected chi connectivity index (χ3v) is 7.65. The molecule has 13 heteroatoms. The molecule has 10 nitrogen and oxygen atoms in total. The van der Waals surface area contributed by atoms with Gasteiger partial charge < -0.3 is 19.6 Å². The van der Waals surface area contributed by atoms with Gasteiger partial charge in [-0.05, 0) is 11.5 Å². The summed E-state index contributed by atoms with van der Waals surface area (Å²) < 4.78 is 52.2. The van der Waals surface area contributed by atoms with E-state index in [1.54, 1.807) is 6.92 Å². The highest BCUT2D eigenvalue weighted by atomic mass is 31.3. The zero-order chi connectivity index (χ0) is 16.3. The monoisotopic (exact) mass is 367 g/mol. The van der Waals surface area contributed by atoms with Gasteiger partial charge in [-0.2, -0.15) is 0 Å². The topological polar surface area (TPSA) is 149 Å². The Morgan fingerprint density at radius 2 is 2.00 bits per heavy atom. The van der Waals surface area contributed by atoms with Crippen LogP contribution in [0.1, 0.15) is 13.3 Å². The molecule has 1 rings (SSSR count). The lowest BCUT2D eigenvalue weighted by atomic mass is 10.1. The molecule has 3 unspecified atom stereocenters. The number of phosphoric ester groups is 1. The molecule has 0 aromatic carbocycles. The van der Waals surface area contributed by atoms with Crippen molar-refractivity contribution in [2.75, 3.05) is 19.6 Å². The highest BCUT2D eigenvalue weighted by Gasteiger charge is 2.42. The van der Waals surface area contributed by atoms with Crippen LogP contribution in [-0.4, -0.2) is 52.8 Å². The predicted molar refractivity (Wildman–Crippen MR) is 71.1 cm³/mol. The van der Waals surface area contributed by atoms with E-state index in [4.69, 9.17) is 14.2 Å². The molecular weight excluding hydrogens is 349 g/mol. The van der Waals surface area contributed by atoms with Gasteiger partial charge in [-0.3, -0.25) is 9.09 Å². The van der Waals surface area contributed by atoms with Gasteiger partial charge in [0.2, 0.25) is 0 Å². The molecule has 0 spiro atoms. The first kappa shape index (κ1) is 19.3. The van der Waals surface area contributed by atoms with Gasteiger partial charge in [-0.15, -0.1) is 4.52 Å². The normalized spacial score (nSPS) is 32.4. The summed E-state index contributed by atoms with van der Waals surface area (Å²) in [6, 6.07) is 0. The molecule has 21 heavy (non-hydrogen) atoms. The van der Waals surface area contributed by atoms with Gasteiger partial charge >= 0.3 is 23.4 Å². The maximum atomic E-state index is 11.5.